The number of aromatic nitrogens is 1. The van der Waals surface area contributed by atoms with Crippen molar-refractivity contribution in [1.29, 1.82) is 0 Å². The second kappa shape index (κ2) is 7.84. The summed E-state index contributed by atoms with van der Waals surface area (Å²) >= 11 is 5.91. The first-order valence-corrected chi connectivity index (χ1v) is 7.59. The van der Waals surface area contributed by atoms with Gasteiger partial charge in [0, 0.05) is 11.4 Å². The maximum absolute atomic E-state index is 10.4. The van der Waals surface area contributed by atoms with Crippen LogP contribution < -0.4 is 0 Å². The predicted octanol–water partition coefficient (Wildman–Crippen LogP) is 4.28. The molecule has 0 bridgehead atoms. The number of aryl methyl sites for hydroxylation is 1. The number of halogens is 1. The lowest BCUT2D eigenvalue weighted by Crippen LogP contribution is -1.94. The van der Waals surface area contributed by atoms with Gasteiger partial charge in [0.15, 0.2) is 0 Å². The van der Waals surface area contributed by atoms with Crippen molar-refractivity contribution in [1.82, 2.24) is 4.98 Å². The van der Waals surface area contributed by atoms with E-state index in [1.165, 1.54) is 6.07 Å². The van der Waals surface area contributed by atoms with Crippen LogP contribution in [0.3, 0.4) is 0 Å². The summed E-state index contributed by atoms with van der Waals surface area (Å²) in [6.45, 7) is 0. The summed E-state index contributed by atoms with van der Waals surface area (Å²) in [6, 6.07) is 4.71. The van der Waals surface area contributed by atoms with Crippen LogP contribution in [0.5, 0.6) is 5.75 Å². The van der Waals surface area contributed by atoms with E-state index in [2.05, 4.69) is 4.98 Å². The Morgan fingerprint density at radius 3 is 2.77 bits per heavy atom. The minimum absolute atomic E-state index is 0.0754. The molecule has 6 heteroatoms. The Labute approximate surface area is 133 Å². The largest absolute Gasteiger partial charge is 0.507 e. The highest BCUT2D eigenvalue weighted by Crippen LogP contribution is 2.31. The summed E-state index contributed by atoms with van der Waals surface area (Å²) in [5, 5.41) is 18.9. The van der Waals surface area contributed by atoms with Gasteiger partial charge in [0.1, 0.15) is 12.0 Å². The number of phenols is 1. The number of carboxylic acids is 1. The first-order valence-electron chi connectivity index (χ1n) is 7.21. The number of aromatic hydroxyl groups is 1. The number of benzene rings is 1. The third kappa shape index (κ3) is 4.77. The summed E-state index contributed by atoms with van der Waals surface area (Å²) in [7, 11) is 0. The topological polar surface area (TPSA) is 83.6 Å². The highest BCUT2D eigenvalue weighted by atomic mass is 35.5. The zero-order valence-corrected chi connectivity index (χ0v) is 12.8. The van der Waals surface area contributed by atoms with Crippen molar-refractivity contribution in [3.63, 3.8) is 0 Å². The molecule has 0 unspecified atom stereocenters. The Morgan fingerprint density at radius 2 is 2.00 bits per heavy atom. The van der Waals surface area contributed by atoms with E-state index in [0.717, 1.165) is 31.4 Å². The number of rotatable bonds is 8. The van der Waals surface area contributed by atoms with Crippen LogP contribution in [0.2, 0.25) is 5.02 Å². The van der Waals surface area contributed by atoms with Crippen LogP contribution in [0.25, 0.3) is 11.5 Å². The molecular formula is C16H18ClNO4. The first-order chi connectivity index (χ1) is 10.6. The molecule has 2 aromatic rings. The van der Waals surface area contributed by atoms with Gasteiger partial charge in [-0.15, -0.1) is 0 Å². The summed E-state index contributed by atoms with van der Waals surface area (Å²) in [5.74, 6) is -0.324. The van der Waals surface area contributed by atoms with Gasteiger partial charge in [-0.2, -0.15) is 0 Å². The molecule has 0 radical (unpaired) electrons. The molecule has 5 nitrogen and oxygen atoms in total. The average Bonchev–Trinajstić information content (AvgIpc) is 2.93. The summed E-state index contributed by atoms with van der Waals surface area (Å²) in [6.07, 6.45) is 6.04. The van der Waals surface area contributed by atoms with Crippen molar-refractivity contribution in [2.75, 3.05) is 0 Å². The molecule has 0 atom stereocenters. The minimum atomic E-state index is -0.748. The van der Waals surface area contributed by atoms with Crippen molar-refractivity contribution < 1.29 is 19.4 Å². The number of carbonyl (C=O) groups is 1. The van der Waals surface area contributed by atoms with Gasteiger partial charge in [0.2, 0.25) is 5.89 Å². The number of nitrogens with zero attached hydrogens (tertiary/aromatic N) is 1. The molecule has 0 amide bonds. The molecule has 0 saturated heterocycles. The monoisotopic (exact) mass is 323 g/mol. The Hall–Kier alpha value is -2.01. The molecule has 0 aliphatic carbocycles. The maximum Gasteiger partial charge on any atom is 0.303 e. The van der Waals surface area contributed by atoms with E-state index in [1.54, 1.807) is 18.4 Å². The predicted molar refractivity (Wildman–Crippen MR) is 83.0 cm³/mol. The molecule has 0 spiro atoms. The van der Waals surface area contributed by atoms with Gasteiger partial charge < -0.3 is 14.6 Å². The number of phenolic OH excluding ortho intramolecular Hbond substituents is 1. The van der Waals surface area contributed by atoms with Crippen molar-refractivity contribution in [3.05, 3.63) is 35.2 Å². The summed E-state index contributed by atoms with van der Waals surface area (Å²) in [5.41, 5.74) is 1.29. The van der Waals surface area contributed by atoms with Crippen LogP contribution in [-0.2, 0) is 11.2 Å². The van der Waals surface area contributed by atoms with Crippen molar-refractivity contribution >= 4 is 17.6 Å². The van der Waals surface area contributed by atoms with E-state index in [0.29, 0.717) is 22.9 Å². The number of oxazole rings is 1. The Kier molecular flexibility index (Phi) is 5.83. The molecule has 22 heavy (non-hydrogen) atoms. The fourth-order valence-electron chi connectivity index (χ4n) is 2.16. The van der Waals surface area contributed by atoms with Gasteiger partial charge in [0.25, 0.3) is 0 Å². The molecule has 1 aromatic carbocycles. The average molecular weight is 324 g/mol. The van der Waals surface area contributed by atoms with Crippen LogP contribution in [0, 0.1) is 0 Å². The Bertz CT molecular complexity index is 639. The summed E-state index contributed by atoms with van der Waals surface area (Å²) in [4.78, 5) is 14.7. The lowest BCUT2D eigenvalue weighted by Gasteiger charge is -2.00. The Balaban J connectivity index is 1.84. The zero-order valence-electron chi connectivity index (χ0n) is 12.1. The van der Waals surface area contributed by atoms with Gasteiger partial charge >= 0.3 is 5.97 Å². The zero-order chi connectivity index (χ0) is 15.9. The molecule has 0 aliphatic heterocycles. The quantitative estimate of drug-likeness (QED) is 0.708. The maximum atomic E-state index is 10.4. The number of hydrogen-bond acceptors (Lipinski definition) is 4. The van der Waals surface area contributed by atoms with Crippen molar-refractivity contribution in [3.8, 4) is 17.2 Å². The van der Waals surface area contributed by atoms with E-state index in [4.69, 9.17) is 21.1 Å². The molecule has 1 heterocycles. The van der Waals surface area contributed by atoms with Gasteiger partial charge in [-0.25, -0.2) is 4.98 Å². The molecule has 1 aromatic heterocycles. The molecule has 0 fully saturated rings. The second-order valence-electron chi connectivity index (χ2n) is 5.11. The highest BCUT2D eigenvalue weighted by Gasteiger charge is 2.11. The van der Waals surface area contributed by atoms with Crippen LogP contribution in [-0.4, -0.2) is 21.2 Å². The number of hydrogen-bond donors (Lipinski definition) is 2. The SMILES string of the molecule is O=C(O)CCCCCCc1coc(-c2cc(Cl)ccc2O)n1. The number of unbranched alkanes of at least 4 members (excludes halogenated alkanes) is 3. The van der Waals surface area contributed by atoms with Crippen LogP contribution in [0.4, 0.5) is 0 Å². The van der Waals surface area contributed by atoms with E-state index in [9.17, 15) is 9.90 Å². The van der Waals surface area contributed by atoms with Crippen molar-refractivity contribution in [2.24, 2.45) is 0 Å². The fraction of sp³-hybridized carbons (Fsp3) is 0.375. The molecule has 2 rings (SSSR count). The second-order valence-corrected chi connectivity index (χ2v) is 5.55. The summed E-state index contributed by atoms with van der Waals surface area (Å²) < 4.78 is 5.39. The molecule has 0 aliphatic rings. The van der Waals surface area contributed by atoms with Gasteiger partial charge in [-0.05, 0) is 37.5 Å². The highest BCUT2D eigenvalue weighted by molar-refractivity contribution is 6.30. The third-order valence-electron chi connectivity index (χ3n) is 3.31. The number of aliphatic carboxylic acids is 1. The van der Waals surface area contributed by atoms with Gasteiger partial charge in [0.05, 0.1) is 11.3 Å². The fourth-order valence-corrected chi connectivity index (χ4v) is 2.33. The Morgan fingerprint density at radius 1 is 1.23 bits per heavy atom. The van der Waals surface area contributed by atoms with Crippen LogP contribution >= 0.6 is 11.6 Å². The standard InChI is InChI=1S/C16H18ClNO4/c17-11-7-8-14(19)13(9-11)16-18-12(10-22-16)5-3-1-2-4-6-15(20)21/h7-10,19H,1-6H2,(H,20,21). The molecule has 0 saturated carbocycles. The lowest BCUT2D eigenvalue weighted by molar-refractivity contribution is -0.137. The molecule has 2 N–H and O–H groups in total. The van der Waals surface area contributed by atoms with Gasteiger partial charge in [-0.3, -0.25) is 4.79 Å². The first kappa shape index (κ1) is 16.4. The van der Waals surface area contributed by atoms with Crippen LogP contribution in [0.15, 0.2) is 28.9 Å². The van der Waals surface area contributed by atoms with E-state index in [-0.39, 0.29) is 12.2 Å². The minimum Gasteiger partial charge on any atom is -0.507 e. The van der Waals surface area contributed by atoms with Crippen LogP contribution in [0.1, 0.15) is 37.8 Å². The third-order valence-corrected chi connectivity index (χ3v) is 3.55. The lowest BCUT2D eigenvalue weighted by atomic mass is 10.1. The van der Waals surface area contributed by atoms with E-state index >= 15 is 0 Å². The van der Waals surface area contributed by atoms with Gasteiger partial charge in [-0.1, -0.05) is 24.4 Å². The molecule has 118 valence electrons. The van der Waals surface area contributed by atoms with Crippen molar-refractivity contribution in [2.45, 2.75) is 38.5 Å². The van der Waals surface area contributed by atoms with E-state index in [1.807, 2.05) is 0 Å². The normalized spacial score (nSPS) is 10.8. The molecular weight excluding hydrogens is 306 g/mol. The smallest absolute Gasteiger partial charge is 0.303 e. The van der Waals surface area contributed by atoms with E-state index < -0.39 is 5.97 Å². The number of carboxylic acid groups (broad SMARTS) is 1.